The van der Waals surface area contributed by atoms with Gasteiger partial charge in [-0.2, -0.15) is 0 Å². The van der Waals surface area contributed by atoms with E-state index in [1.165, 1.54) is 6.07 Å². The number of carbonyl (C=O) groups is 1. The van der Waals surface area contributed by atoms with Gasteiger partial charge in [-0.3, -0.25) is 0 Å². The molecule has 0 unspecified atom stereocenters. The van der Waals surface area contributed by atoms with Crippen molar-refractivity contribution in [3.8, 4) is 0 Å². The summed E-state index contributed by atoms with van der Waals surface area (Å²) in [6.07, 6.45) is 0. The number of carbonyl (C=O) groups excluding carboxylic acids is 1. The lowest BCUT2D eigenvalue weighted by molar-refractivity contribution is 0.0521. The number of ether oxygens (including phenoxy) is 1. The second-order valence-corrected chi connectivity index (χ2v) is 3.67. The molecule has 0 aromatic heterocycles. The van der Waals surface area contributed by atoms with Crippen molar-refractivity contribution in [2.75, 3.05) is 6.61 Å². The molecule has 0 saturated carbocycles. The number of hydrogen-bond acceptors (Lipinski definition) is 2. The maximum atomic E-state index is 13.2. The summed E-state index contributed by atoms with van der Waals surface area (Å²) in [6, 6.07) is 2.59. The molecule has 1 aromatic rings. The van der Waals surface area contributed by atoms with Gasteiger partial charge in [-0.1, -0.05) is 11.6 Å². The Labute approximate surface area is 94.1 Å². The molecule has 0 heterocycles. The molecule has 0 amide bonds. The molecular weight excluding hydrogens is 274 g/mol. The van der Waals surface area contributed by atoms with Crippen LogP contribution in [-0.2, 0) is 4.74 Å². The van der Waals surface area contributed by atoms with Crippen molar-refractivity contribution >= 4 is 33.5 Å². The van der Waals surface area contributed by atoms with Crippen molar-refractivity contribution < 1.29 is 13.9 Å². The van der Waals surface area contributed by atoms with Crippen LogP contribution >= 0.6 is 27.5 Å². The van der Waals surface area contributed by atoms with Crippen LogP contribution in [0.25, 0.3) is 0 Å². The Balaban J connectivity index is 3.18. The van der Waals surface area contributed by atoms with Crippen LogP contribution in [0.5, 0.6) is 0 Å². The van der Waals surface area contributed by atoms with Crippen LogP contribution in [0.3, 0.4) is 0 Å². The third-order valence-corrected chi connectivity index (χ3v) is 2.81. The van der Waals surface area contributed by atoms with E-state index in [2.05, 4.69) is 20.7 Å². The molecule has 0 aliphatic rings. The smallest absolute Gasteiger partial charge is 0.342 e. The minimum Gasteiger partial charge on any atom is -0.462 e. The quantitative estimate of drug-likeness (QED) is 0.613. The largest absolute Gasteiger partial charge is 0.462 e. The van der Waals surface area contributed by atoms with Gasteiger partial charge >= 0.3 is 5.97 Å². The molecular formula is C9H7BrClFO2. The second-order valence-electron chi connectivity index (χ2n) is 2.44. The monoisotopic (exact) mass is 280 g/mol. The molecule has 5 heteroatoms. The Kier molecular flexibility index (Phi) is 3.89. The van der Waals surface area contributed by atoms with Gasteiger partial charge in [0, 0.05) is 4.47 Å². The highest BCUT2D eigenvalue weighted by Gasteiger charge is 2.18. The maximum absolute atomic E-state index is 13.2. The molecule has 0 radical (unpaired) electrons. The highest BCUT2D eigenvalue weighted by atomic mass is 79.9. The standard InChI is InChI=1S/C9H7BrClFO2/c1-2-14-9(13)7-6(12)4-3-5(10)8(7)11/h3-4H,2H2,1H3. The normalized spacial score (nSPS) is 10.0. The topological polar surface area (TPSA) is 26.3 Å². The van der Waals surface area contributed by atoms with Crippen LogP contribution in [0.15, 0.2) is 16.6 Å². The van der Waals surface area contributed by atoms with Gasteiger partial charge in [0.1, 0.15) is 11.4 Å². The zero-order chi connectivity index (χ0) is 10.7. The van der Waals surface area contributed by atoms with E-state index in [9.17, 15) is 9.18 Å². The molecule has 1 rings (SSSR count). The zero-order valence-corrected chi connectivity index (χ0v) is 9.65. The number of esters is 1. The van der Waals surface area contributed by atoms with Crippen molar-refractivity contribution in [2.24, 2.45) is 0 Å². The average Bonchev–Trinajstić information content (AvgIpc) is 2.13. The van der Waals surface area contributed by atoms with Gasteiger partial charge in [0.2, 0.25) is 0 Å². The highest BCUT2D eigenvalue weighted by molar-refractivity contribution is 9.10. The lowest BCUT2D eigenvalue weighted by atomic mass is 10.2. The lowest BCUT2D eigenvalue weighted by Gasteiger charge is -2.06. The third kappa shape index (κ3) is 2.25. The molecule has 0 bridgehead atoms. The van der Waals surface area contributed by atoms with Gasteiger partial charge < -0.3 is 4.74 Å². The van der Waals surface area contributed by atoms with Crippen molar-refractivity contribution in [1.82, 2.24) is 0 Å². The molecule has 0 aliphatic carbocycles. The van der Waals surface area contributed by atoms with Crippen LogP contribution in [-0.4, -0.2) is 12.6 Å². The first kappa shape index (κ1) is 11.5. The van der Waals surface area contributed by atoms with E-state index in [-0.39, 0.29) is 17.2 Å². The fraction of sp³-hybridized carbons (Fsp3) is 0.222. The molecule has 0 N–H and O–H groups in total. The molecule has 0 fully saturated rings. The van der Waals surface area contributed by atoms with Crippen molar-refractivity contribution in [3.63, 3.8) is 0 Å². The third-order valence-electron chi connectivity index (χ3n) is 1.52. The molecule has 1 aromatic carbocycles. The number of benzene rings is 1. The van der Waals surface area contributed by atoms with Gasteiger partial charge in [0.05, 0.1) is 11.6 Å². The minimum atomic E-state index is -0.753. The van der Waals surface area contributed by atoms with E-state index in [0.29, 0.717) is 4.47 Å². The fourth-order valence-corrected chi connectivity index (χ4v) is 1.48. The zero-order valence-electron chi connectivity index (χ0n) is 7.31. The Morgan fingerprint density at radius 2 is 2.29 bits per heavy atom. The Bertz CT molecular complexity index is 368. The molecule has 2 nitrogen and oxygen atoms in total. The maximum Gasteiger partial charge on any atom is 0.342 e. The van der Waals surface area contributed by atoms with Crippen molar-refractivity contribution in [2.45, 2.75) is 6.92 Å². The lowest BCUT2D eigenvalue weighted by Crippen LogP contribution is -2.08. The summed E-state index contributed by atoms with van der Waals surface area (Å²) in [5.41, 5.74) is -0.233. The summed E-state index contributed by atoms with van der Waals surface area (Å²) in [6.45, 7) is 1.82. The Morgan fingerprint density at radius 1 is 1.64 bits per heavy atom. The van der Waals surface area contributed by atoms with E-state index in [0.717, 1.165) is 6.07 Å². The summed E-state index contributed by atoms with van der Waals surface area (Å²) in [4.78, 5) is 11.3. The van der Waals surface area contributed by atoms with E-state index < -0.39 is 11.8 Å². The van der Waals surface area contributed by atoms with Crippen LogP contribution in [0.4, 0.5) is 4.39 Å². The Morgan fingerprint density at radius 3 is 2.86 bits per heavy atom. The molecule has 14 heavy (non-hydrogen) atoms. The van der Waals surface area contributed by atoms with E-state index in [1.54, 1.807) is 6.92 Å². The minimum absolute atomic E-state index is 0.0310. The van der Waals surface area contributed by atoms with Crippen molar-refractivity contribution in [3.05, 3.63) is 33.0 Å². The molecule has 0 aliphatic heterocycles. The van der Waals surface area contributed by atoms with Gasteiger partial charge in [-0.25, -0.2) is 9.18 Å². The SMILES string of the molecule is CCOC(=O)c1c(F)ccc(Br)c1Cl. The number of rotatable bonds is 2. The van der Waals surface area contributed by atoms with Crippen LogP contribution in [0, 0.1) is 5.82 Å². The van der Waals surface area contributed by atoms with Crippen LogP contribution in [0.2, 0.25) is 5.02 Å². The predicted octanol–water partition coefficient (Wildman–Crippen LogP) is 3.42. The average molecular weight is 282 g/mol. The summed E-state index contributed by atoms with van der Waals surface area (Å²) in [5.74, 6) is -1.44. The fourth-order valence-electron chi connectivity index (χ4n) is 0.917. The summed E-state index contributed by atoms with van der Waals surface area (Å²) in [7, 11) is 0. The van der Waals surface area contributed by atoms with Gasteiger partial charge in [-0.15, -0.1) is 0 Å². The molecule has 0 atom stereocenters. The van der Waals surface area contributed by atoms with Gasteiger partial charge in [-0.05, 0) is 35.0 Å². The first-order chi connectivity index (χ1) is 6.57. The second kappa shape index (κ2) is 4.75. The van der Waals surface area contributed by atoms with E-state index >= 15 is 0 Å². The highest BCUT2D eigenvalue weighted by Crippen LogP contribution is 2.28. The van der Waals surface area contributed by atoms with Gasteiger partial charge in [0.15, 0.2) is 0 Å². The number of halogens is 3. The van der Waals surface area contributed by atoms with Crippen molar-refractivity contribution in [1.29, 1.82) is 0 Å². The van der Waals surface area contributed by atoms with Crippen LogP contribution in [0.1, 0.15) is 17.3 Å². The Hall–Kier alpha value is -0.610. The van der Waals surface area contributed by atoms with Gasteiger partial charge in [0.25, 0.3) is 0 Å². The molecule has 0 saturated heterocycles. The summed E-state index contributed by atoms with van der Waals surface area (Å²) in [5, 5.41) is 0.0310. The summed E-state index contributed by atoms with van der Waals surface area (Å²) < 4.78 is 18.3. The van der Waals surface area contributed by atoms with E-state index in [1.807, 2.05) is 0 Å². The molecule has 0 spiro atoms. The first-order valence-electron chi connectivity index (χ1n) is 3.88. The van der Waals surface area contributed by atoms with Crippen LogP contribution < -0.4 is 0 Å². The van der Waals surface area contributed by atoms with E-state index in [4.69, 9.17) is 11.6 Å². The first-order valence-corrected chi connectivity index (χ1v) is 5.05. The molecule has 76 valence electrons. The predicted molar refractivity (Wildman–Crippen MR) is 55.1 cm³/mol. The number of hydrogen-bond donors (Lipinski definition) is 0. The summed E-state index contributed by atoms with van der Waals surface area (Å²) >= 11 is 8.83.